The monoisotopic (exact) mass is 215 g/mol. The van der Waals surface area contributed by atoms with Crippen molar-refractivity contribution < 1.29 is 4.74 Å². The van der Waals surface area contributed by atoms with E-state index in [1.54, 1.807) is 0 Å². The zero-order valence-corrected chi connectivity index (χ0v) is 9.08. The van der Waals surface area contributed by atoms with E-state index in [4.69, 9.17) is 22.1 Å². The summed E-state index contributed by atoms with van der Waals surface area (Å²) in [5.41, 5.74) is 5.95. The normalized spacial score (nSPS) is 12.5. The average molecular weight is 216 g/mol. The van der Waals surface area contributed by atoms with E-state index in [0.29, 0.717) is 11.6 Å². The van der Waals surface area contributed by atoms with Crippen molar-refractivity contribution in [3.63, 3.8) is 0 Å². The van der Waals surface area contributed by atoms with Gasteiger partial charge in [0.2, 0.25) is 5.88 Å². The minimum absolute atomic E-state index is 0.0910. The summed E-state index contributed by atoms with van der Waals surface area (Å²) in [5, 5.41) is 0.235. The molecule has 1 atom stereocenters. The maximum Gasteiger partial charge on any atom is 0.242 e. The number of hydrogen-bond donors (Lipinski definition) is 1. The summed E-state index contributed by atoms with van der Waals surface area (Å²) >= 11 is 5.72. The first-order valence-electron chi connectivity index (χ1n) is 4.57. The lowest BCUT2D eigenvalue weighted by atomic mass is 10.2. The van der Waals surface area contributed by atoms with Gasteiger partial charge in [0.15, 0.2) is 5.15 Å². The van der Waals surface area contributed by atoms with Gasteiger partial charge in [-0.1, -0.05) is 24.9 Å². The fourth-order valence-electron chi connectivity index (χ4n) is 1.11. The Morgan fingerprint density at radius 2 is 2.29 bits per heavy atom. The van der Waals surface area contributed by atoms with Crippen LogP contribution in [0.5, 0.6) is 5.88 Å². The van der Waals surface area contributed by atoms with Crippen LogP contribution in [0.1, 0.15) is 26.7 Å². The fourth-order valence-corrected chi connectivity index (χ4v) is 1.23. The topological polar surface area (TPSA) is 61.0 Å². The number of ether oxygens (including phenoxy) is 1. The lowest BCUT2D eigenvalue weighted by molar-refractivity contribution is 0.202. The van der Waals surface area contributed by atoms with Crippen LogP contribution in [-0.2, 0) is 0 Å². The smallest absolute Gasteiger partial charge is 0.242 e. The molecule has 1 aromatic rings. The summed E-state index contributed by atoms with van der Waals surface area (Å²) < 4.78 is 5.51. The van der Waals surface area contributed by atoms with Crippen LogP contribution in [0.15, 0.2) is 6.33 Å². The van der Waals surface area contributed by atoms with Crippen molar-refractivity contribution in [2.45, 2.75) is 32.8 Å². The Morgan fingerprint density at radius 1 is 1.57 bits per heavy atom. The SMILES string of the molecule is CCCC(C)Oc1ncnc(Cl)c1N. The summed E-state index contributed by atoms with van der Waals surface area (Å²) in [6.07, 6.45) is 3.45. The Kier molecular flexibility index (Phi) is 3.95. The Morgan fingerprint density at radius 3 is 2.93 bits per heavy atom. The van der Waals surface area contributed by atoms with Gasteiger partial charge in [-0.25, -0.2) is 4.98 Å². The van der Waals surface area contributed by atoms with Gasteiger partial charge in [0.05, 0.1) is 6.10 Å². The van der Waals surface area contributed by atoms with E-state index in [9.17, 15) is 0 Å². The van der Waals surface area contributed by atoms with Gasteiger partial charge < -0.3 is 10.5 Å². The molecule has 78 valence electrons. The van der Waals surface area contributed by atoms with Crippen LogP contribution in [0.25, 0.3) is 0 Å². The molecule has 14 heavy (non-hydrogen) atoms. The first-order chi connectivity index (χ1) is 6.65. The second kappa shape index (κ2) is 5.00. The molecule has 0 radical (unpaired) electrons. The van der Waals surface area contributed by atoms with Crippen LogP contribution in [0.3, 0.4) is 0 Å². The van der Waals surface area contributed by atoms with Crippen LogP contribution in [0.4, 0.5) is 5.69 Å². The van der Waals surface area contributed by atoms with Gasteiger partial charge in [-0.2, -0.15) is 4.98 Å². The molecule has 1 rings (SSSR count). The number of nitrogen functional groups attached to an aromatic ring is 1. The van der Waals surface area contributed by atoms with E-state index < -0.39 is 0 Å². The van der Waals surface area contributed by atoms with Crippen molar-refractivity contribution in [3.05, 3.63) is 11.5 Å². The van der Waals surface area contributed by atoms with Crippen molar-refractivity contribution in [1.82, 2.24) is 9.97 Å². The zero-order valence-electron chi connectivity index (χ0n) is 8.33. The summed E-state index contributed by atoms with van der Waals surface area (Å²) in [5.74, 6) is 0.367. The predicted octanol–water partition coefficient (Wildman–Crippen LogP) is 2.28. The minimum atomic E-state index is 0.0910. The average Bonchev–Trinajstić information content (AvgIpc) is 2.13. The number of aromatic nitrogens is 2. The molecule has 0 aliphatic rings. The van der Waals surface area contributed by atoms with Crippen molar-refractivity contribution in [3.8, 4) is 5.88 Å². The number of nitrogens with zero attached hydrogens (tertiary/aromatic N) is 2. The third-order valence-electron chi connectivity index (χ3n) is 1.81. The maximum atomic E-state index is 5.72. The molecule has 1 aromatic heterocycles. The number of hydrogen-bond acceptors (Lipinski definition) is 4. The lowest BCUT2D eigenvalue weighted by Crippen LogP contribution is -2.13. The Balaban J connectivity index is 2.71. The highest BCUT2D eigenvalue weighted by atomic mass is 35.5. The highest BCUT2D eigenvalue weighted by molar-refractivity contribution is 6.32. The molecule has 0 bridgehead atoms. The van der Waals surface area contributed by atoms with Crippen molar-refractivity contribution >= 4 is 17.3 Å². The molecule has 2 N–H and O–H groups in total. The van der Waals surface area contributed by atoms with E-state index in [0.717, 1.165) is 12.8 Å². The third-order valence-corrected chi connectivity index (χ3v) is 2.11. The summed E-state index contributed by atoms with van der Waals surface area (Å²) in [6, 6.07) is 0. The van der Waals surface area contributed by atoms with Crippen LogP contribution in [0, 0.1) is 0 Å². The molecule has 5 heteroatoms. The van der Waals surface area contributed by atoms with Crippen LogP contribution >= 0.6 is 11.6 Å². The largest absolute Gasteiger partial charge is 0.473 e. The van der Waals surface area contributed by atoms with Gasteiger partial charge in [0.25, 0.3) is 0 Å². The molecule has 0 spiro atoms. The molecule has 0 aliphatic heterocycles. The van der Waals surface area contributed by atoms with Gasteiger partial charge >= 0.3 is 0 Å². The molecule has 0 saturated carbocycles. The van der Waals surface area contributed by atoms with Crippen molar-refractivity contribution in [2.75, 3.05) is 5.73 Å². The molecule has 0 aliphatic carbocycles. The van der Waals surface area contributed by atoms with Gasteiger partial charge in [-0.15, -0.1) is 0 Å². The van der Waals surface area contributed by atoms with E-state index in [1.165, 1.54) is 6.33 Å². The maximum absolute atomic E-state index is 5.72. The van der Waals surface area contributed by atoms with Crippen molar-refractivity contribution in [1.29, 1.82) is 0 Å². The van der Waals surface area contributed by atoms with E-state index in [2.05, 4.69) is 16.9 Å². The van der Waals surface area contributed by atoms with Crippen LogP contribution in [0.2, 0.25) is 5.15 Å². The van der Waals surface area contributed by atoms with Crippen molar-refractivity contribution in [2.24, 2.45) is 0 Å². The van der Waals surface area contributed by atoms with Gasteiger partial charge in [-0.3, -0.25) is 0 Å². The molecule has 1 unspecified atom stereocenters. The third kappa shape index (κ3) is 2.73. The quantitative estimate of drug-likeness (QED) is 0.783. The van der Waals surface area contributed by atoms with E-state index in [-0.39, 0.29) is 11.3 Å². The molecular weight excluding hydrogens is 202 g/mol. The Bertz CT molecular complexity index is 306. The second-order valence-corrected chi connectivity index (χ2v) is 3.46. The molecule has 0 fully saturated rings. The summed E-state index contributed by atoms with van der Waals surface area (Å²) in [6.45, 7) is 4.06. The summed E-state index contributed by atoms with van der Waals surface area (Å²) in [7, 11) is 0. The highest BCUT2D eigenvalue weighted by Gasteiger charge is 2.10. The molecule has 0 saturated heterocycles. The first-order valence-corrected chi connectivity index (χ1v) is 4.95. The Hall–Kier alpha value is -1.03. The molecule has 1 heterocycles. The predicted molar refractivity (Wildman–Crippen MR) is 56.5 cm³/mol. The van der Waals surface area contributed by atoms with Crippen LogP contribution < -0.4 is 10.5 Å². The molecule has 0 amide bonds. The second-order valence-electron chi connectivity index (χ2n) is 3.10. The summed E-state index contributed by atoms with van der Waals surface area (Å²) in [4.78, 5) is 7.66. The number of anilines is 1. The zero-order chi connectivity index (χ0) is 10.6. The number of nitrogens with two attached hydrogens (primary N) is 1. The molecule has 4 nitrogen and oxygen atoms in total. The van der Waals surface area contributed by atoms with E-state index >= 15 is 0 Å². The van der Waals surface area contributed by atoms with Gasteiger partial charge in [0, 0.05) is 0 Å². The minimum Gasteiger partial charge on any atom is -0.473 e. The Labute approximate surface area is 88.5 Å². The standard InChI is InChI=1S/C9H14ClN3O/c1-3-4-6(2)14-9-7(11)8(10)12-5-13-9/h5-6H,3-4,11H2,1-2H3. The highest BCUT2D eigenvalue weighted by Crippen LogP contribution is 2.25. The van der Waals surface area contributed by atoms with E-state index in [1.807, 2.05) is 6.92 Å². The number of rotatable bonds is 4. The van der Waals surface area contributed by atoms with Crippen LogP contribution in [-0.4, -0.2) is 16.1 Å². The molecular formula is C9H14ClN3O. The number of halogens is 1. The fraction of sp³-hybridized carbons (Fsp3) is 0.556. The van der Waals surface area contributed by atoms with Gasteiger partial charge in [0.1, 0.15) is 12.0 Å². The van der Waals surface area contributed by atoms with Gasteiger partial charge in [-0.05, 0) is 13.3 Å². The molecule has 0 aromatic carbocycles. The first kappa shape index (κ1) is 11.0. The lowest BCUT2D eigenvalue weighted by Gasteiger charge is -2.13.